The molecule has 0 bridgehead atoms. The van der Waals surface area contributed by atoms with Gasteiger partial charge in [-0.15, -0.1) is 6.42 Å². The van der Waals surface area contributed by atoms with Gasteiger partial charge in [0, 0.05) is 10.0 Å². The van der Waals surface area contributed by atoms with Crippen molar-refractivity contribution in [1.82, 2.24) is 5.43 Å². The molecule has 134 valence electrons. The molecular formula is C19H17BrN2O4. The van der Waals surface area contributed by atoms with E-state index in [0.29, 0.717) is 28.4 Å². The third-order valence-electron chi connectivity index (χ3n) is 3.30. The van der Waals surface area contributed by atoms with Gasteiger partial charge in [0.25, 0.3) is 5.91 Å². The van der Waals surface area contributed by atoms with E-state index in [2.05, 4.69) is 32.4 Å². The van der Waals surface area contributed by atoms with E-state index in [9.17, 15) is 4.79 Å². The quantitative estimate of drug-likeness (QED) is 0.427. The van der Waals surface area contributed by atoms with Crippen LogP contribution in [-0.4, -0.2) is 32.9 Å². The standard InChI is InChI=1S/C19H17BrN2O4/c1-4-9-26-17-8-6-15(24-2)10-13(17)12-21-22-19(23)16-11-14(20)5-7-18(16)25-3/h1,5-8,10-12H,9H2,2-3H3,(H,22,23)/b21-12-. The van der Waals surface area contributed by atoms with E-state index in [1.807, 2.05) is 0 Å². The average Bonchev–Trinajstić information content (AvgIpc) is 2.66. The number of hydrogen-bond donors (Lipinski definition) is 1. The van der Waals surface area contributed by atoms with Crippen LogP contribution in [0.15, 0.2) is 46.0 Å². The van der Waals surface area contributed by atoms with Crippen LogP contribution in [0, 0.1) is 12.3 Å². The Balaban J connectivity index is 2.18. The summed E-state index contributed by atoms with van der Waals surface area (Å²) in [6, 6.07) is 10.3. The second kappa shape index (κ2) is 9.49. The van der Waals surface area contributed by atoms with Gasteiger partial charge in [-0.3, -0.25) is 4.79 Å². The summed E-state index contributed by atoms with van der Waals surface area (Å²) < 4.78 is 16.6. The monoisotopic (exact) mass is 416 g/mol. The predicted octanol–water partition coefficient (Wildman–Crippen LogP) is 3.24. The van der Waals surface area contributed by atoms with Gasteiger partial charge >= 0.3 is 0 Å². The van der Waals surface area contributed by atoms with Crippen molar-refractivity contribution in [2.45, 2.75) is 0 Å². The minimum atomic E-state index is -0.409. The van der Waals surface area contributed by atoms with E-state index < -0.39 is 5.91 Å². The van der Waals surface area contributed by atoms with E-state index in [1.165, 1.54) is 13.3 Å². The number of nitrogens with zero attached hydrogens (tertiary/aromatic N) is 1. The molecule has 7 heteroatoms. The van der Waals surface area contributed by atoms with Crippen molar-refractivity contribution in [1.29, 1.82) is 0 Å². The average molecular weight is 417 g/mol. The molecule has 1 N–H and O–H groups in total. The molecule has 1 amide bonds. The van der Waals surface area contributed by atoms with Crippen LogP contribution < -0.4 is 19.6 Å². The summed E-state index contributed by atoms with van der Waals surface area (Å²) >= 11 is 3.33. The third kappa shape index (κ3) is 5.01. The maximum Gasteiger partial charge on any atom is 0.275 e. The zero-order valence-corrected chi connectivity index (χ0v) is 15.9. The molecule has 0 spiro atoms. The van der Waals surface area contributed by atoms with Gasteiger partial charge < -0.3 is 14.2 Å². The Kier molecular flexibility index (Phi) is 7.06. The number of hydrogen-bond acceptors (Lipinski definition) is 5. The first-order chi connectivity index (χ1) is 12.6. The maximum absolute atomic E-state index is 12.3. The number of nitrogens with one attached hydrogen (secondary N) is 1. The first-order valence-electron chi connectivity index (χ1n) is 7.50. The van der Waals surface area contributed by atoms with Gasteiger partial charge in [0.05, 0.1) is 26.0 Å². The number of ether oxygens (including phenoxy) is 3. The summed E-state index contributed by atoms with van der Waals surface area (Å²) in [7, 11) is 3.05. The number of benzene rings is 2. The highest BCUT2D eigenvalue weighted by molar-refractivity contribution is 9.10. The predicted molar refractivity (Wildman–Crippen MR) is 103 cm³/mol. The fourth-order valence-corrected chi connectivity index (χ4v) is 2.44. The molecule has 0 radical (unpaired) electrons. The van der Waals surface area contributed by atoms with Gasteiger partial charge in [-0.05, 0) is 36.4 Å². The fourth-order valence-electron chi connectivity index (χ4n) is 2.08. The Hall–Kier alpha value is -2.98. The zero-order valence-electron chi connectivity index (χ0n) is 14.3. The second-order valence-corrected chi connectivity index (χ2v) is 5.86. The molecule has 0 aliphatic carbocycles. The van der Waals surface area contributed by atoms with Crippen LogP contribution in [0.3, 0.4) is 0 Å². The lowest BCUT2D eigenvalue weighted by Crippen LogP contribution is -2.18. The van der Waals surface area contributed by atoms with Crippen molar-refractivity contribution >= 4 is 28.1 Å². The van der Waals surface area contributed by atoms with Crippen LogP contribution in [0.2, 0.25) is 0 Å². The highest BCUT2D eigenvalue weighted by Gasteiger charge is 2.12. The van der Waals surface area contributed by atoms with E-state index in [-0.39, 0.29) is 6.61 Å². The Morgan fingerprint density at radius 3 is 2.69 bits per heavy atom. The summed E-state index contributed by atoms with van der Waals surface area (Å²) in [5, 5.41) is 3.98. The number of hydrazone groups is 1. The van der Waals surface area contributed by atoms with Crippen molar-refractivity contribution in [3.8, 4) is 29.6 Å². The Morgan fingerprint density at radius 2 is 2.00 bits per heavy atom. The molecule has 0 unspecified atom stereocenters. The first kappa shape index (κ1) is 19.3. The third-order valence-corrected chi connectivity index (χ3v) is 3.80. The van der Waals surface area contributed by atoms with Gasteiger partial charge in [0.15, 0.2) is 0 Å². The molecule has 0 aliphatic rings. The first-order valence-corrected chi connectivity index (χ1v) is 8.29. The Bertz CT molecular complexity index is 859. The van der Waals surface area contributed by atoms with Crippen molar-refractivity contribution in [2.75, 3.05) is 20.8 Å². The van der Waals surface area contributed by atoms with Crippen molar-refractivity contribution in [3.05, 3.63) is 52.0 Å². The molecule has 0 saturated heterocycles. The van der Waals surface area contributed by atoms with Gasteiger partial charge in [-0.25, -0.2) is 5.43 Å². The van der Waals surface area contributed by atoms with Crippen molar-refractivity contribution in [3.63, 3.8) is 0 Å². The minimum Gasteiger partial charge on any atom is -0.497 e. The number of halogens is 1. The summed E-state index contributed by atoms with van der Waals surface area (Å²) in [6.45, 7) is 0.120. The van der Waals surface area contributed by atoms with Crippen molar-refractivity contribution < 1.29 is 19.0 Å². The molecule has 0 heterocycles. The topological polar surface area (TPSA) is 69.2 Å². The normalized spacial score (nSPS) is 10.2. The fraction of sp³-hybridized carbons (Fsp3) is 0.158. The number of carbonyl (C=O) groups excluding carboxylic acids is 1. The second-order valence-electron chi connectivity index (χ2n) is 4.94. The molecule has 6 nitrogen and oxygen atoms in total. The van der Waals surface area contributed by atoms with Gasteiger partial charge in [-0.1, -0.05) is 21.9 Å². The van der Waals surface area contributed by atoms with Crippen LogP contribution in [0.1, 0.15) is 15.9 Å². The molecule has 26 heavy (non-hydrogen) atoms. The lowest BCUT2D eigenvalue weighted by Gasteiger charge is -2.09. The number of methoxy groups -OCH3 is 2. The van der Waals surface area contributed by atoms with E-state index in [4.69, 9.17) is 20.6 Å². The summed E-state index contributed by atoms with van der Waals surface area (Å²) in [4.78, 5) is 12.3. The SMILES string of the molecule is C#CCOc1ccc(OC)cc1/C=N\NC(=O)c1cc(Br)ccc1OC. The molecular weight excluding hydrogens is 400 g/mol. The van der Waals surface area contributed by atoms with Gasteiger partial charge in [0.1, 0.15) is 23.9 Å². The van der Waals surface area contributed by atoms with Crippen LogP contribution >= 0.6 is 15.9 Å². The molecule has 2 aromatic carbocycles. The highest BCUT2D eigenvalue weighted by atomic mass is 79.9. The highest BCUT2D eigenvalue weighted by Crippen LogP contribution is 2.24. The number of rotatable bonds is 7. The number of terminal acetylenes is 1. The number of amides is 1. The number of carbonyl (C=O) groups is 1. The van der Waals surface area contributed by atoms with E-state index in [1.54, 1.807) is 43.5 Å². The molecule has 0 aliphatic heterocycles. The van der Waals surface area contributed by atoms with Crippen LogP contribution in [-0.2, 0) is 0 Å². The van der Waals surface area contributed by atoms with Gasteiger partial charge in [-0.2, -0.15) is 5.10 Å². The molecule has 2 aromatic rings. The molecule has 2 rings (SSSR count). The Morgan fingerprint density at radius 1 is 1.23 bits per heavy atom. The maximum atomic E-state index is 12.3. The van der Waals surface area contributed by atoms with Crippen LogP contribution in [0.4, 0.5) is 0 Å². The molecule has 0 aromatic heterocycles. The lowest BCUT2D eigenvalue weighted by molar-refractivity contribution is 0.0952. The summed E-state index contributed by atoms with van der Waals surface area (Å²) in [5.74, 6) is 3.59. The lowest BCUT2D eigenvalue weighted by atomic mass is 10.2. The smallest absolute Gasteiger partial charge is 0.275 e. The zero-order chi connectivity index (χ0) is 18.9. The van der Waals surface area contributed by atoms with Crippen LogP contribution in [0.25, 0.3) is 0 Å². The summed E-state index contributed by atoms with van der Waals surface area (Å²) in [5.41, 5.74) is 3.43. The van der Waals surface area contributed by atoms with E-state index in [0.717, 1.165) is 4.47 Å². The van der Waals surface area contributed by atoms with E-state index >= 15 is 0 Å². The van der Waals surface area contributed by atoms with Gasteiger partial charge in [0.2, 0.25) is 0 Å². The molecule has 0 saturated carbocycles. The summed E-state index contributed by atoms with van der Waals surface area (Å²) in [6.07, 6.45) is 6.68. The molecule has 0 fully saturated rings. The van der Waals surface area contributed by atoms with Crippen LogP contribution in [0.5, 0.6) is 17.2 Å². The van der Waals surface area contributed by atoms with Crippen molar-refractivity contribution in [2.24, 2.45) is 5.10 Å². The largest absolute Gasteiger partial charge is 0.497 e. The molecule has 0 atom stereocenters. The minimum absolute atomic E-state index is 0.120. The Labute approximate surface area is 160 Å².